The molecule has 0 spiro atoms. The van der Waals surface area contributed by atoms with Crippen LogP contribution in [0.1, 0.15) is 36.7 Å². The third kappa shape index (κ3) is 5.66. The van der Waals surface area contributed by atoms with E-state index in [0.717, 1.165) is 29.0 Å². The van der Waals surface area contributed by atoms with Gasteiger partial charge >= 0.3 is 0 Å². The standard InChI is InChI=1S/C29H30N2O2/c1-2-27(28(21-11-9-13-23(30)19-21)32-25-15-5-3-6-16-25)29(22-12-10-14-24(31)20-22)33-26-17-7-4-8-18-26/h3-20,27-29H,2,30-31H2,1H3. The molecule has 4 aromatic carbocycles. The molecular weight excluding hydrogens is 408 g/mol. The molecule has 0 aromatic heterocycles. The number of para-hydroxylation sites is 2. The quantitative estimate of drug-likeness (QED) is 0.281. The molecule has 0 amide bonds. The second-order valence-corrected chi connectivity index (χ2v) is 8.12. The first-order chi connectivity index (χ1) is 16.1. The van der Waals surface area contributed by atoms with E-state index in [1.54, 1.807) is 0 Å². The number of anilines is 2. The van der Waals surface area contributed by atoms with Crippen molar-refractivity contribution in [2.45, 2.75) is 25.6 Å². The van der Waals surface area contributed by atoms with E-state index in [1.807, 2.05) is 97.1 Å². The van der Waals surface area contributed by atoms with Crippen LogP contribution in [0.25, 0.3) is 0 Å². The fourth-order valence-corrected chi connectivity index (χ4v) is 4.16. The Morgan fingerprint density at radius 3 is 1.36 bits per heavy atom. The number of rotatable bonds is 9. The van der Waals surface area contributed by atoms with E-state index < -0.39 is 0 Å². The van der Waals surface area contributed by atoms with E-state index in [2.05, 4.69) is 19.1 Å². The Hall–Kier alpha value is -3.92. The SMILES string of the molecule is CCC(C(Oc1ccccc1)c1cccc(N)c1)C(Oc1ccccc1)c1cccc(N)c1. The van der Waals surface area contributed by atoms with Gasteiger partial charge in [0.2, 0.25) is 0 Å². The van der Waals surface area contributed by atoms with E-state index in [-0.39, 0.29) is 18.1 Å². The van der Waals surface area contributed by atoms with Crippen molar-refractivity contribution in [3.05, 3.63) is 120 Å². The maximum atomic E-state index is 6.61. The van der Waals surface area contributed by atoms with Crippen molar-refractivity contribution < 1.29 is 9.47 Å². The summed E-state index contributed by atoms with van der Waals surface area (Å²) in [6.45, 7) is 2.16. The predicted molar refractivity (Wildman–Crippen MR) is 135 cm³/mol. The molecule has 0 fully saturated rings. The van der Waals surface area contributed by atoms with E-state index in [4.69, 9.17) is 20.9 Å². The Balaban J connectivity index is 1.79. The molecular formula is C29H30N2O2. The molecule has 4 rings (SSSR count). The predicted octanol–water partition coefficient (Wildman–Crippen LogP) is 6.82. The van der Waals surface area contributed by atoms with Gasteiger partial charge in [0.25, 0.3) is 0 Å². The van der Waals surface area contributed by atoms with Gasteiger partial charge in [-0.2, -0.15) is 0 Å². The summed E-state index contributed by atoms with van der Waals surface area (Å²) in [5.41, 5.74) is 15.7. The monoisotopic (exact) mass is 438 g/mol. The number of hydrogen-bond acceptors (Lipinski definition) is 4. The first-order valence-corrected chi connectivity index (χ1v) is 11.3. The number of hydrogen-bond donors (Lipinski definition) is 2. The van der Waals surface area contributed by atoms with Gasteiger partial charge in [0, 0.05) is 17.3 Å². The highest BCUT2D eigenvalue weighted by atomic mass is 16.5. The third-order valence-corrected chi connectivity index (χ3v) is 5.74. The second-order valence-electron chi connectivity index (χ2n) is 8.12. The minimum Gasteiger partial charge on any atom is -0.485 e. The molecule has 0 aliphatic heterocycles. The van der Waals surface area contributed by atoms with Gasteiger partial charge in [0.05, 0.1) is 0 Å². The molecule has 4 nitrogen and oxygen atoms in total. The van der Waals surface area contributed by atoms with Crippen LogP contribution in [0.4, 0.5) is 11.4 Å². The summed E-state index contributed by atoms with van der Waals surface area (Å²) in [5.74, 6) is 1.58. The van der Waals surface area contributed by atoms with Crippen molar-refractivity contribution >= 4 is 11.4 Å². The largest absolute Gasteiger partial charge is 0.485 e. The van der Waals surface area contributed by atoms with Crippen LogP contribution in [0, 0.1) is 5.92 Å². The van der Waals surface area contributed by atoms with Gasteiger partial charge in [-0.1, -0.05) is 67.6 Å². The van der Waals surface area contributed by atoms with Crippen LogP contribution in [0.5, 0.6) is 11.5 Å². The van der Waals surface area contributed by atoms with Crippen LogP contribution >= 0.6 is 0 Å². The molecule has 2 unspecified atom stereocenters. The molecule has 0 aliphatic rings. The van der Waals surface area contributed by atoms with Crippen molar-refractivity contribution in [2.75, 3.05) is 11.5 Å². The van der Waals surface area contributed by atoms with Gasteiger partial charge in [-0.05, 0) is 66.1 Å². The fourth-order valence-electron chi connectivity index (χ4n) is 4.16. The maximum Gasteiger partial charge on any atom is 0.130 e. The van der Waals surface area contributed by atoms with Crippen molar-refractivity contribution in [1.29, 1.82) is 0 Å². The zero-order valence-corrected chi connectivity index (χ0v) is 18.8. The Morgan fingerprint density at radius 1 is 0.576 bits per heavy atom. The van der Waals surface area contributed by atoms with Crippen molar-refractivity contribution in [2.24, 2.45) is 5.92 Å². The van der Waals surface area contributed by atoms with Crippen LogP contribution < -0.4 is 20.9 Å². The Morgan fingerprint density at radius 2 is 1.00 bits per heavy atom. The zero-order valence-electron chi connectivity index (χ0n) is 18.8. The molecule has 4 aromatic rings. The first kappa shape index (κ1) is 22.3. The normalized spacial score (nSPS) is 13.6. The molecule has 0 radical (unpaired) electrons. The van der Waals surface area contributed by atoms with E-state index in [1.165, 1.54) is 0 Å². The summed E-state index contributed by atoms with van der Waals surface area (Å²) in [5, 5.41) is 0. The molecule has 0 saturated heterocycles. The lowest BCUT2D eigenvalue weighted by atomic mass is 9.84. The molecule has 4 heteroatoms. The van der Waals surface area contributed by atoms with Crippen LogP contribution in [0.2, 0.25) is 0 Å². The molecule has 168 valence electrons. The second kappa shape index (κ2) is 10.6. The van der Waals surface area contributed by atoms with E-state index in [9.17, 15) is 0 Å². The van der Waals surface area contributed by atoms with Crippen LogP contribution in [-0.2, 0) is 0 Å². The summed E-state index contributed by atoms with van der Waals surface area (Å²) in [6, 6.07) is 35.5. The number of benzene rings is 4. The Labute approximate surface area is 195 Å². The number of nitrogen functional groups attached to an aromatic ring is 2. The number of ether oxygens (including phenoxy) is 2. The van der Waals surface area contributed by atoms with Gasteiger partial charge in [0.15, 0.2) is 0 Å². The van der Waals surface area contributed by atoms with Gasteiger partial charge in [-0.3, -0.25) is 0 Å². The summed E-state index contributed by atoms with van der Waals surface area (Å²) < 4.78 is 13.2. The molecule has 0 aliphatic carbocycles. The zero-order chi connectivity index (χ0) is 23.0. The summed E-state index contributed by atoms with van der Waals surface area (Å²) >= 11 is 0. The molecule has 33 heavy (non-hydrogen) atoms. The summed E-state index contributed by atoms with van der Waals surface area (Å²) in [6.07, 6.45) is 0.255. The minimum atomic E-state index is -0.281. The smallest absolute Gasteiger partial charge is 0.130 e. The summed E-state index contributed by atoms with van der Waals surface area (Å²) in [4.78, 5) is 0. The molecule has 2 atom stereocenters. The van der Waals surface area contributed by atoms with Gasteiger partial charge in [-0.25, -0.2) is 0 Å². The Kier molecular flexibility index (Phi) is 7.16. The molecule has 0 heterocycles. The fraction of sp³-hybridized carbons (Fsp3) is 0.172. The summed E-state index contributed by atoms with van der Waals surface area (Å²) in [7, 11) is 0. The number of nitrogens with two attached hydrogens (primary N) is 2. The maximum absolute atomic E-state index is 6.61. The van der Waals surface area contributed by atoms with Crippen molar-refractivity contribution in [3.8, 4) is 11.5 Å². The lowest BCUT2D eigenvalue weighted by Crippen LogP contribution is -2.28. The highest BCUT2D eigenvalue weighted by molar-refractivity contribution is 5.44. The van der Waals surface area contributed by atoms with E-state index >= 15 is 0 Å². The average molecular weight is 439 g/mol. The average Bonchev–Trinajstić information content (AvgIpc) is 2.84. The highest BCUT2D eigenvalue weighted by Crippen LogP contribution is 2.41. The molecule has 4 N–H and O–H groups in total. The van der Waals surface area contributed by atoms with Crippen molar-refractivity contribution in [3.63, 3.8) is 0 Å². The van der Waals surface area contributed by atoms with Crippen LogP contribution in [0.3, 0.4) is 0 Å². The van der Waals surface area contributed by atoms with Gasteiger partial charge in [0.1, 0.15) is 23.7 Å². The Bertz CT molecular complexity index is 1060. The minimum absolute atomic E-state index is 0.0194. The first-order valence-electron chi connectivity index (χ1n) is 11.3. The lowest BCUT2D eigenvalue weighted by molar-refractivity contribution is 0.0359. The third-order valence-electron chi connectivity index (χ3n) is 5.74. The molecule has 0 saturated carbocycles. The van der Waals surface area contributed by atoms with Gasteiger partial charge in [-0.15, -0.1) is 0 Å². The van der Waals surface area contributed by atoms with Crippen molar-refractivity contribution in [1.82, 2.24) is 0 Å². The lowest BCUT2D eigenvalue weighted by Gasteiger charge is -2.34. The van der Waals surface area contributed by atoms with E-state index in [0.29, 0.717) is 11.4 Å². The van der Waals surface area contributed by atoms with Gasteiger partial charge < -0.3 is 20.9 Å². The van der Waals surface area contributed by atoms with Crippen LogP contribution in [-0.4, -0.2) is 0 Å². The topological polar surface area (TPSA) is 70.5 Å². The highest BCUT2D eigenvalue weighted by Gasteiger charge is 2.34. The van der Waals surface area contributed by atoms with Crippen LogP contribution in [0.15, 0.2) is 109 Å². The molecule has 0 bridgehead atoms.